The SMILES string of the molecule is CC.CCCC1(C)CCC(C)(c2nc3c(F)cc(C(=O)OC(C)(C)C)cc3s2)CC1. The molecule has 0 amide bonds. The van der Waals surface area contributed by atoms with Gasteiger partial charge in [0.25, 0.3) is 0 Å². The molecule has 3 rings (SSSR count). The lowest BCUT2D eigenvalue weighted by atomic mass is 9.64. The fraction of sp³-hybridized carbons (Fsp3) is 0.680. The Hall–Kier alpha value is -1.49. The summed E-state index contributed by atoms with van der Waals surface area (Å²) in [7, 11) is 0. The number of halogens is 1. The van der Waals surface area contributed by atoms with E-state index in [2.05, 4.69) is 25.8 Å². The van der Waals surface area contributed by atoms with Gasteiger partial charge < -0.3 is 4.74 Å². The van der Waals surface area contributed by atoms with Gasteiger partial charge in [0.2, 0.25) is 0 Å². The van der Waals surface area contributed by atoms with Crippen molar-refractivity contribution in [3.8, 4) is 0 Å². The molecule has 0 aliphatic heterocycles. The monoisotopic (exact) mass is 435 g/mol. The van der Waals surface area contributed by atoms with Crippen molar-refractivity contribution in [1.29, 1.82) is 0 Å². The van der Waals surface area contributed by atoms with E-state index in [0.29, 0.717) is 10.9 Å². The van der Waals surface area contributed by atoms with Crippen LogP contribution in [0.15, 0.2) is 12.1 Å². The van der Waals surface area contributed by atoms with Crippen molar-refractivity contribution in [1.82, 2.24) is 4.98 Å². The molecule has 1 aliphatic carbocycles. The summed E-state index contributed by atoms with van der Waals surface area (Å²) in [5.41, 5.74) is 0.410. The minimum absolute atomic E-state index is 0.0184. The number of nitrogens with zero attached hydrogens (tertiary/aromatic N) is 1. The molecule has 1 aromatic heterocycles. The van der Waals surface area contributed by atoms with Crippen molar-refractivity contribution in [3.05, 3.63) is 28.5 Å². The summed E-state index contributed by atoms with van der Waals surface area (Å²) in [5.74, 6) is -0.946. The van der Waals surface area contributed by atoms with E-state index in [1.165, 1.54) is 43.1 Å². The summed E-state index contributed by atoms with van der Waals surface area (Å²) in [5, 5.41) is 0.987. The first-order valence-electron chi connectivity index (χ1n) is 11.3. The lowest BCUT2D eigenvalue weighted by molar-refractivity contribution is 0.00692. The molecular formula is C25H38FNO2S. The highest BCUT2D eigenvalue weighted by Gasteiger charge is 2.40. The minimum atomic E-state index is -0.609. The number of hydrogen-bond donors (Lipinski definition) is 0. The van der Waals surface area contributed by atoms with Crippen LogP contribution in [0.3, 0.4) is 0 Å². The third-order valence-corrected chi connectivity index (χ3v) is 7.32. The average Bonchev–Trinajstić information content (AvgIpc) is 3.11. The molecule has 0 N–H and O–H groups in total. The number of benzene rings is 1. The van der Waals surface area contributed by atoms with Gasteiger partial charge >= 0.3 is 5.97 Å². The molecule has 0 saturated heterocycles. The van der Waals surface area contributed by atoms with Gasteiger partial charge in [0.1, 0.15) is 11.1 Å². The quantitative estimate of drug-likeness (QED) is 0.456. The highest BCUT2D eigenvalue weighted by atomic mass is 32.1. The number of hydrogen-bond acceptors (Lipinski definition) is 4. The first kappa shape index (κ1) is 24.8. The van der Waals surface area contributed by atoms with Crippen molar-refractivity contribution in [3.63, 3.8) is 0 Å². The highest BCUT2D eigenvalue weighted by Crippen LogP contribution is 2.50. The predicted octanol–water partition coefficient (Wildman–Crippen LogP) is 8.06. The number of thiazole rings is 1. The number of ether oxygens (including phenoxy) is 1. The van der Waals surface area contributed by atoms with Gasteiger partial charge in [0.15, 0.2) is 5.82 Å². The van der Waals surface area contributed by atoms with E-state index >= 15 is 0 Å². The summed E-state index contributed by atoms with van der Waals surface area (Å²) in [4.78, 5) is 17.0. The molecule has 0 spiro atoms. The summed E-state index contributed by atoms with van der Waals surface area (Å²) in [6.45, 7) is 16.3. The van der Waals surface area contributed by atoms with Crippen LogP contribution in [0.2, 0.25) is 0 Å². The number of aromatic nitrogens is 1. The van der Waals surface area contributed by atoms with Crippen LogP contribution in [-0.2, 0) is 10.2 Å². The number of esters is 1. The van der Waals surface area contributed by atoms with Gasteiger partial charge in [-0.1, -0.05) is 41.0 Å². The molecule has 1 aromatic carbocycles. The van der Waals surface area contributed by atoms with Gasteiger partial charge in [0, 0.05) is 5.41 Å². The zero-order chi connectivity index (χ0) is 22.7. The smallest absolute Gasteiger partial charge is 0.338 e. The number of carbonyl (C=O) groups excluding carboxylic acids is 1. The van der Waals surface area contributed by atoms with Crippen LogP contribution >= 0.6 is 11.3 Å². The van der Waals surface area contributed by atoms with Crippen molar-refractivity contribution in [2.45, 2.75) is 105 Å². The topological polar surface area (TPSA) is 39.2 Å². The van der Waals surface area contributed by atoms with Gasteiger partial charge in [-0.25, -0.2) is 14.2 Å². The van der Waals surface area contributed by atoms with Crippen molar-refractivity contribution in [2.75, 3.05) is 0 Å². The van der Waals surface area contributed by atoms with Crippen LogP contribution in [0.4, 0.5) is 4.39 Å². The zero-order valence-electron chi connectivity index (χ0n) is 19.9. The molecular weight excluding hydrogens is 397 g/mol. The Balaban J connectivity index is 0.00000155. The van der Waals surface area contributed by atoms with Gasteiger partial charge in [0.05, 0.1) is 15.3 Å². The van der Waals surface area contributed by atoms with E-state index in [1.807, 2.05) is 13.8 Å². The van der Waals surface area contributed by atoms with Crippen molar-refractivity contribution < 1.29 is 13.9 Å². The number of carbonyl (C=O) groups is 1. The van der Waals surface area contributed by atoms with Crippen LogP contribution in [0.25, 0.3) is 10.2 Å². The number of rotatable bonds is 4. The minimum Gasteiger partial charge on any atom is -0.456 e. The maximum Gasteiger partial charge on any atom is 0.338 e. The van der Waals surface area contributed by atoms with E-state index in [1.54, 1.807) is 26.8 Å². The molecule has 168 valence electrons. The molecule has 1 heterocycles. The van der Waals surface area contributed by atoms with Crippen LogP contribution in [-0.4, -0.2) is 16.6 Å². The highest BCUT2D eigenvalue weighted by molar-refractivity contribution is 7.18. The van der Waals surface area contributed by atoms with Crippen LogP contribution in [0, 0.1) is 11.2 Å². The zero-order valence-corrected chi connectivity index (χ0v) is 20.8. The lowest BCUT2D eigenvalue weighted by Crippen LogP contribution is -2.33. The molecule has 1 saturated carbocycles. The maximum absolute atomic E-state index is 14.7. The second-order valence-electron chi connectivity index (χ2n) is 9.95. The van der Waals surface area contributed by atoms with E-state index in [4.69, 9.17) is 4.74 Å². The standard InChI is InChI=1S/C23H32FNO2S.C2H6/c1-7-8-22(5)9-11-23(6,12-10-22)20-25-18-16(24)13-15(14-17(18)28-20)19(26)27-21(2,3)4;1-2/h13-14H,7-12H2,1-6H3;1-2H3. The second kappa shape index (κ2) is 9.33. The first-order valence-corrected chi connectivity index (χ1v) is 12.1. The lowest BCUT2D eigenvalue weighted by Gasteiger charge is -2.42. The van der Waals surface area contributed by atoms with Crippen molar-refractivity contribution in [2.24, 2.45) is 5.41 Å². The Bertz CT molecular complexity index is 873. The Labute approximate surface area is 185 Å². The van der Waals surface area contributed by atoms with Gasteiger partial charge in [-0.3, -0.25) is 0 Å². The second-order valence-corrected chi connectivity index (χ2v) is 11.0. The maximum atomic E-state index is 14.7. The van der Waals surface area contributed by atoms with Crippen molar-refractivity contribution >= 4 is 27.5 Å². The molecule has 1 aliphatic rings. The Morgan fingerprint density at radius 2 is 1.77 bits per heavy atom. The third kappa shape index (κ3) is 5.60. The molecule has 5 heteroatoms. The largest absolute Gasteiger partial charge is 0.456 e. The summed E-state index contributed by atoms with van der Waals surface area (Å²) >= 11 is 1.52. The molecule has 0 bridgehead atoms. The summed E-state index contributed by atoms with van der Waals surface area (Å²) in [6, 6.07) is 2.97. The van der Waals surface area contributed by atoms with Crippen LogP contribution in [0.5, 0.6) is 0 Å². The molecule has 1 fully saturated rings. The Kier molecular flexibility index (Phi) is 7.71. The predicted molar refractivity (Wildman–Crippen MR) is 125 cm³/mol. The van der Waals surface area contributed by atoms with E-state index in [-0.39, 0.29) is 11.0 Å². The molecule has 0 atom stereocenters. The van der Waals surface area contributed by atoms with Gasteiger partial charge in [-0.05, 0) is 70.4 Å². The van der Waals surface area contributed by atoms with Crippen LogP contribution in [0.1, 0.15) is 109 Å². The van der Waals surface area contributed by atoms with E-state index in [9.17, 15) is 9.18 Å². The molecule has 0 unspecified atom stereocenters. The average molecular weight is 436 g/mol. The fourth-order valence-electron chi connectivity index (χ4n) is 4.17. The normalized spacial score (nSPS) is 24.3. The summed E-state index contributed by atoms with van der Waals surface area (Å²) in [6.07, 6.45) is 6.98. The molecule has 30 heavy (non-hydrogen) atoms. The van der Waals surface area contributed by atoms with Gasteiger partial charge in [-0.15, -0.1) is 11.3 Å². The Morgan fingerprint density at radius 1 is 1.17 bits per heavy atom. The first-order chi connectivity index (χ1) is 13.9. The molecule has 2 aromatic rings. The van der Waals surface area contributed by atoms with Gasteiger partial charge in [-0.2, -0.15) is 0 Å². The van der Waals surface area contributed by atoms with E-state index < -0.39 is 17.4 Å². The summed E-state index contributed by atoms with van der Waals surface area (Å²) < 4.78 is 20.8. The van der Waals surface area contributed by atoms with E-state index in [0.717, 1.165) is 22.5 Å². The Morgan fingerprint density at radius 3 is 2.30 bits per heavy atom. The number of fused-ring (bicyclic) bond motifs is 1. The third-order valence-electron chi connectivity index (χ3n) is 6.01. The fourth-order valence-corrected chi connectivity index (χ4v) is 5.40. The van der Waals surface area contributed by atoms with Crippen LogP contribution < -0.4 is 0 Å². The molecule has 3 nitrogen and oxygen atoms in total. The molecule has 0 radical (unpaired) electrons.